The highest BCUT2D eigenvalue weighted by Gasteiger charge is 2.38. The van der Waals surface area contributed by atoms with Crippen molar-refractivity contribution in [1.29, 1.82) is 0 Å². The van der Waals surface area contributed by atoms with Gasteiger partial charge < -0.3 is 10.1 Å². The normalized spacial score (nSPS) is 17.2. The molecule has 0 unspecified atom stereocenters. The third kappa shape index (κ3) is 3.42. The Balaban J connectivity index is 1.92. The molecule has 0 radical (unpaired) electrons. The summed E-state index contributed by atoms with van der Waals surface area (Å²) < 4.78 is 6.23. The molecule has 1 aromatic carbocycles. The smallest absolute Gasteiger partial charge is 0.120 e. The van der Waals surface area contributed by atoms with Crippen LogP contribution in [-0.4, -0.2) is 24.9 Å². The minimum atomic E-state index is 0.100. The van der Waals surface area contributed by atoms with Crippen LogP contribution in [0.5, 0.6) is 5.75 Å². The Bertz CT molecular complexity index is 359. The maximum atomic E-state index is 6.23. The predicted molar refractivity (Wildman–Crippen MR) is 78.6 cm³/mol. The topological polar surface area (TPSA) is 21.3 Å². The Hall–Kier alpha value is -0.670. The van der Waals surface area contributed by atoms with Crippen LogP contribution < -0.4 is 10.1 Å². The summed E-state index contributed by atoms with van der Waals surface area (Å²) in [4.78, 5) is 1.29. The summed E-state index contributed by atoms with van der Waals surface area (Å²) >= 11 is 1.77. The van der Waals surface area contributed by atoms with Gasteiger partial charge in [0.1, 0.15) is 11.4 Å². The zero-order valence-corrected chi connectivity index (χ0v) is 12.2. The van der Waals surface area contributed by atoms with E-state index < -0.39 is 0 Å². The van der Waals surface area contributed by atoms with Crippen LogP contribution in [0.3, 0.4) is 0 Å². The zero-order valence-electron chi connectivity index (χ0n) is 11.4. The molecule has 0 bridgehead atoms. The fraction of sp³-hybridized carbons (Fsp3) is 0.600. The quantitative estimate of drug-likeness (QED) is 0.600. The second-order valence-corrected chi connectivity index (χ2v) is 5.80. The first-order chi connectivity index (χ1) is 8.78. The second kappa shape index (κ2) is 6.48. The molecule has 0 spiro atoms. The van der Waals surface area contributed by atoms with Crippen molar-refractivity contribution < 1.29 is 4.74 Å². The third-order valence-electron chi connectivity index (χ3n) is 3.67. The van der Waals surface area contributed by atoms with Crippen LogP contribution in [0.25, 0.3) is 0 Å². The van der Waals surface area contributed by atoms with E-state index in [0.29, 0.717) is 0 Å². The van der Waals surface area contributed by atoms with Gasteiger partial charge in [-0.1, -0.05) is 6.92 Å². The van der Waals surface area contributed by atoms with Crippen molar-refractivity contribution in [2.45, 2.75) is 43.1 Å². The van der Waals surface area contributed by atoms with Crippen LogP contribution in [0.2, 0.25) is 0 Å². The Labute approximate surface area is 114 Å². The summed E-state index contributed by atoms with van der Waals surface area (Å²) in [6.07, 6.45) is 6.91. The number of thioether (sulfide) groups is 1. The van der Waals surface area contributed by atoms with Crippen LogP contribution in [0.4, 0.5) is 0 Å². The SMILES string of the molecule is CCNCCC1(Oc2ccc(SC)cc2)CCC1. The van der Waals surface area contributed by atoms with Gasteiger partial charge in [-0.3, -0.25) is 0 Å². The van der Waals surface area contributed by atoms with Crippen molar-refractivity contribution in [3.05, 3.63) is 24.3 Å². The first kappa shape index (κ1) is 13.8. The highest BCUT2D eigenvalue weighted by molar-refractivity contribution is 7.98. The molecule has 1 N–H and O–H groups in total. The van der Waals surface area contributed by atoms with Crippen LogP contribution in [-0.2, 0) is 0 Å². The van der Waals surface area contributed by atoms with Gasteiger partial charge in [0.2, 0.25) is 0 Å². The standard InChI is InChI=1S/C15H23NOS/c1-3-16-12-11-15(9-4-10-15)17-13-5-7-14(18-2)8-6-13/h5-8,16H,3-4,9-12H2,1-2H3. The Morgan fingerprint density at radius 1 is 1.28 bits per heavy atom. The molecule has 0 atom stereocenters. The lowest BCUT2D eigenvalue weighted by Gasteiger charge is -2.42. The first-order valence-corrected chi connectivity index (χ1v) is 8.04. The van der Waals surface area contributed by atoms with Crippen LogP contribution >= 0.6 is 11.8 Å². The molecule has 3 heteroatoms. The summed E-state index contributed by atoms with van der Waals surface area (Å²) in [5.74, 6) is 1.02. The summed E-state index contributed by atoms with van der Waals surface area (Å²) in [6, 6.07) is 8.46. The zero-order chi connectivity index (χ0) is 12.8. The van der Waals surface area contributed by atoms with E-state index in [1.165, 1.54) is 24.2 Å². The van der Waals surface area contributed by atoms with Gasteiger partial charge in [0.25, 0.3) is 0 Å². The first-order valence-electron chi connectivity index (χ1n) is 6.82. The minimum Gasteiger partial charge on any atom is -0.487 e. The van der Waals surface area contributed by atoms with Crippen molar-refractivity contribution in [3.63, 3.8) is 0 Å². The number of rotatable bonds is 7. The van der Waals surface area contributed by atoms with Gasteiger partial charge in [0.15, 0.2) is 0 Å². The van der Waals surface area contributed by atoms with E-state index in [0.717, 1.165) is 25.3 Å². The van der Waals surface area contributed by atoms with Gasteiger partial charge in [0, 0.05) is 4.90 Å². The highest BCUT2D eigenvalue weighted by atomic mass is 32.2. The summed E-state index contributed by atoms with van der Waals surface area (Å²) in [6.45, 7) is 4.24. The summed E-state index contributed by atoms with van der Waals surface area (Å²) in [5.41, 5.74) is 0.100. The maximum Gasteiger partial charge on any atom is 0.120 e. The molecule has 0 saturated heterocycles. The molecule has 1 aliphatic carbocycles. The molecule has 0 amide bonds. The summed E-state index contributed by atoms with van der Waals surface area (Å²) in [7, 11) is 0. The molecule has 1 aliphatic rings. The second-order valence-electron chi connectivity index (χ2n) is 4.92. The Kier molecular flexibility index (Phi) is 4.95. The molecule has 18 heavy (non-hydrogen) atoms. The minimum absolute atomic E-state index is 0.100. The maximum absolute atomic E-state index is 6.23. The highest BCUT2D eigenvalue weighted by Crippen LogP contribution is 2.39. The molecule has 2 rings (SSSR count). The molecular formula is C15H23NOS. The molecule has 0 heterocycles. The lowest BCUT2D eigenvalue weighted by molar-refractivity contribution is -0.0141. The molecule has 100 valence electrons. The van der Waals surface area contributed by atoms with Crippen molar-refractivity contribution >= 4 is 11.8 Å². The van der Waals surface area contributed by atoms with E-state index in [1.54, 1.807) is 11.8 Å². The Morgan fingerprint density at radius 3 is 2.50 bits per heavy atom. The fourth-order valence-electron chi connectivity index (χ4n) is 2.36. The lowest BCUT2D eigenvalue weighted by atomic mass is 9.77. The van der Waals surface area contributed by atoms with Gasteiger partial charge in [-0.05, 0) is 69.3 Å². The van der Waals surface area contributed by atoms with Crippen LogP contribution in [0.1, 0.15) is 32.6 Å². The van der Waals surface area contributed by atoms with Crippen molar-refractivity contribution in [3.8, 4) is 5.75 Å². The van der Waals surface area contributed by atoms with E-state index in [4.69, 9.17) is 4.74 Å². The van der Waals surface area contributed by atoms with E-state index >= 15 is 0 Å². The largest absolute Gasteiger partial charge is 0.487 e. The number of hydrogen-bond acceptors (Lipinski definition) is 3. The summed E-state index contributed by atoms with van der Waals surface area (Å²) in [5, 5.41) is 3.39. The molecule has 1 aromatic rings. The van der Waals surface area contributed by atoms with E-state index in [2.05, 4.69) is 42.8 Å². The molecule has 0 aromatic heterocycles. The average molecular weight is 265 g/mol. The van der Waals surface area contributed by atoms with Crippen LogP contribution in [0, 0.1) is 0 Å². The molecule has 2 nitrogen and oxygen atoms in total. The predicted octanol–water partition coefficient (Wildman–Crippen LogP) is 3.71. The van der Waals surface area contributed by atoms with E-state index in [1.807, 2.05) is 0 Å². The lowest BCUT2D eigenvalue weighted by Crippen LogP contribution is -2.45. The van der Waals surface area contributed by atoms with Crippen molar-refractivity contribution in [1.82, 2.24) is 5.32 Å². The number of nitrogens with one attached hydrogen (secondary N) is 1. The van der Waals surface area contributed by atoms with E-state index in [9.17, 15) is 0 Å². The molecule has 1 saturated carbocycles. The number of hydrogen-bond donors (Lipinski definition) is 1. The molecule has 1 fully saturated rings. The Morgan fingerprint density at radius 2 is 2.00 bits per heavy atom. The van der Waals surface area contributed by atoms with Gasteiger partial charge in [0.05, 0.1) is 0 Å². The number of benzene rings is 1. The van der Waals surface area contributed by atoms with Crippen LogP contribution in [0.15, 0.2) is 29.2 Å². The van der Waals surface area contributed by atoms with Gasteiger partial charge in [-0.2, -0.15) is 0 Å². The van der Waals surface area contributed by atoms with E-state index in [-0.39, 0.29) is 5.60 Å². The monoisotopic (exact) mass is 265 g/mol. The van der Waals surface area contributed by atoms with Crippen molar-refractivity contribution in [2.24, 2.45) is 0 Å². The van der Waals surface area contributed by atoms with Gasteiger partial charge in [-0.25, -0.2) is 0 Å². The number of ether oxygens (including phenoxy) is 1. The molecular weight excluding hydrogens is 242 g/mol. The van der Waals surface area contributed by atoms with Crippen molar-refractivity contribution in [2.75, 3.05) is 19.3 Å². The third-order valence-corrected chi connectivity index (χ3v) is 4.41. The fourth-order valence-corrected chi connectivity index (χ4v) is 2.77. The molecule has 0 aliphatic heterocycles. The van der Waals surface area contributed by atoms with Gasteiger partial charge in [-0.15, -0.1) is 11.8 Å². The van der Waals surface area contributed by atoms with Gasteiger partial charge >= 0.3 is 0 Å². The average Bonchev–Trinajstić information content (AvgIpc) is 2.37.